The number of anilines is 1. The SMILES string of the molecule is CC1(C)C(=O)N(c2ccccc2)C1N1CCNCC1. The van der Waals surface area contributed by atoms with Crippen molar-refractivity contribution in [2.24, 2.45) is 5.41 Å². The summed E-state index contributed by atoms with van der Waals surface area (Å²) in [4.78, 5) is 16.8. The van der Waals surface area contributed by atoms with Gasteiger partial charge in [0.1, 0.15) is 6.17 Å². The molecule has 0 aliphatic carbocycles. The molecule has 0 aromatic heterocycles. The van der Waals surface area contributed by atoms with Crippen molar-refractivity contribution in [3.8, 4) is 0 Å². The van der Waals surface area contributed by atoms with Crippen LogP contribution in [0.1, 0.15) is 13.8 Å². The zero-order valence-electron chi connectivity index (χ0n) is 11.6. The molecule has 2 aliphatic heterocycles. The second-order valence-electron chi connectivity index (χ2n) is 5.89. The van der Waals surface area contributed by atoms with Crippen molar-refractivity contribution in [1.29, 1.82) is 0 Å². The molecule has 1 atom stereocenters. The molecule has 0 radical (unpaired) electrons. The number of hydrogen-bond donors (Lipinski definition) is 1. The van der Waals surface area contributed by atoms with E-state index >= 15 is 0 Å². The summed E-state index contributed by atoms with van der Waals surface area (Å²) in [5.41, 5.74) is 0.725. The number of nitrogens with zero attached hydrogens (tertiary/aromatic N) is 2. The van der Waals surface area contributed by atoms with Crippen molar-refractivity contribution in [2.75, 3.05) is 31.1 Å². The fraction of sp³-hybridized carbons (Fsp3) is 0.533. The van der Waals surface area contributed by atoms with Crippen molar-refractivity contribution >= 4 is 11.6 Å². The lowest BCUT2D eigenvalue weighted by Gasteiger charge is -2.57. The number of benzene rings is 1. The summed E-state index contributed by atoms with van der Waals surface area (Å²) in [5, 5.41) is 3.37. The van der Waals surface area contributed by atoms with E-state index < -0.39 is 0 Å². The lowest BCUT2D eigenvalue weighted by atomic mass is 9.77. The maximum Gasteiger partial charge on any atom is 0.237 e. The van der Waals surface area contributed by atoms with Crippen LogP contribution in [0.25, 0.3) is 0 Å². The summed E-state index contributed by atoms with van der Waals surface area (Å²) in [5.74, 6) is 0.224. The molecule has 4 nitrogen and oxygen atoms in total. The first-order valence-corrected chi connectivity index (χ1v) is 6.96. The second kappa shape index (κ2) is 4.62. The number of para-hydroxylation sites is 1. The van der Waals surface area contributed by atoms with Gasteiger partial charge in [-0.05, 0) is 26.0 Å². The van der Waals surface area contributed by atoms with Crippen LogP contribution < -0.4 is 10.2 Å². The molecule has 3 rings (SSSR count). The Labute approximate surface area is 114 Å². The Balaban J connectivity index is 1.88. The first-order valence-electron chi connectivity index (χ1n) is 6.96. The van der Waals surface area contributed by atoms with Crippen molar-refractivity contribution < 1.29 is 4.79 Å². The number of piperazine rings is 1. The molecule has 1 aromatic carbocycles. The van der Waals surface area contributed by atoms with Crippen LogP contribution in [0.5, 0.6) is 0 Å². The molecule has 2 saturated heterocycles. The van der Waals surface area contributed by atoms with E-state index in [-0.39, 0.29) is 17.5 Å². The van der Waals surface area contributed by atoms with E-state index in [0.29, 0.717) is 0 Å². The molecule has 1 amide bonds. The van der Waals surface area contributed by atoms with Gasteiger partial charge in [-0.15, -0.1) is 0 Å². The van der Waals surface area contributed by atoms with Gasteiger partial charge in [0.15, 0.2) is 0 Å². The summed E-state index contributed by atoms with van der Waals surface area (Å²) in [7, 11) is 0. The van der Waals surface area contributed by atoms with Crippen molar-refractivity contribution in [3.05, 3.63) is 30.3 Å². The standard InChI is InChI=1S/C15H21N3O/c1-15(2)13(17-10-8-16-9-11-17)18(14(15)19)12-6-4-3-5-7-12/h3-7,13,16H,8-11H2,1-2H3. The third-order valence-corrected chi connectivity index (χ3v) is 4.19. The van der Waals surface area contributed by atoms with Crippen LogP contribution in [0.4, 0.5) is 5.69 Å². The van der Waals surface area contributed by atoms with Gasteiger partial charge < -0.3 is 5.32 Å². The molecule has 1 aromatic rings. The molecule has 4 heteroatoms. The van der Waals surface area contributed by atoms with E-state index in [1.807, 2.05) is 35.2 Å². The van der Waals surface area contributed by atoms with Gasteiger partial charge in [-0.1, -0.05) is 18.2 Å². The van der Waals surface area contributed by atoms with E-state index in [2.05, 4.69) is 24.1 Å². The minimum atomic E-state index is -0.285. The van der Waals surface area contributed by atoms with Gasteiger partial charge >= 0.3 is 0 Å². The normalized spacial score (nSPS) is 27.2. The zero-order chi connectivity index (χ0) is 13.5. The van der Waals surface area contributed by atoms with Crippen LogP contribution in [0.2, 0.25) is 0 Å². The van der Waals surface area contributed by atoms with Crippen LogP contribution in [0.15, 0.2) is 30.3 Å². The van der Waals surface area contributed by atoms with E-state index in [4.69, 9.17) is 0 Å². The minimum Gasteiger partial charge on any atom is -0.314 e. The number of hydrogen-bond acceptors (Lipinski definition) is 3. The predicted molar refractivity (Wildman–Crippen MR) is 75.9 cm³/mol. The minimum absolute atomic E-state index is 0.185. The van der Waals surface area contributed by atoms with E-state index in [0.717, 1.165) is 31.9 Å². The maximum atomic E-state index is 12.4. The molecule has 2 heterocycles. The van der Waals surface area contributed by atoms with Gasteiger partial charge in [0, 0.05) is 31.9 Å². The topological polar surface area (TPSA) is 35.6 Å². The Hall–Kier alpha value is -1.39. The summed E-state index contributed by atoms with van der Waals surface area (Å²) >= 11 is 0. The van der Waals surface area contributed by atoms with E-state index in [1.165, 1.54) is 0 Å². The lowest BCUT2D eigenvalue weighted by molar-refractivity contribution is -0.144. The highest BCUT2D eigenvalue weighted by molar-refractivity contribution is 6.05. The average Bonchev–Trinajstić information content (AvgIpc) is 2.45. The number of amides is 1. The van der Waals surface area contributed by atoms with Crippen molar-refractivity contribution in [1.82, 2.24) is 10.2 Å². The van der Waals surface area contributed by atoms with Gasteiger partial charge in [-0.2, -0.15) is 0 Å². The molecule has 0 bridgehead atoms. The molecule has 2 fully saturated rings. The Morgan fingerprint density at radius 1 is 1.16 bits per heavy atom. The number of carbonyl (C=O) groups is 1. The summed E-state index contributed by atoms with van der Waals surface area (Å²) in [6, 6.07) is 9.99. The first-order chi connectivity index (χ1) is 9.12. The predicted octanol–water partition coefficient (Wildman–Crippen LogP) is 1.29. The van der Waals surface area contributed by atoms with Crippen LogP contribution in [0, 0.1) is 5.41 Å². The lowest BCUT2D eigenvalue weighted by Crippen LogP contribution is -2.74. The van der Waals surface area contributed by atoms with Gasteiger partial charge in [-0.25, -0.2) is 0 Å². The van der Waals surface area contributed by atoms with Crippen LogP contribution in [-0.4, -0.2) is 43.2 Å². The Morgan fingerprint density at radius 3 is 2.42 bits per heavy atom. The summed E-state index contributed by atoms with van der Waals surface area (Å²) < 4.78 is 0. The molecule has 19 heavy (non-hydrogen) atoms. The Kier molecular flexibility index (Phi) is 3.07. The van der Waals surface area contributed by atoms with Gasteiger partial charge in [0.05, 0.1) is 5.41 Å². The number of carbonyl (C=O) groups excluding carboxylic acids is 1. The number of rotatable bonds is 2. The van der Waals surface area contributed by atoms with Crippen molar-refractivity contribution in [3.63, 3.8) is 0 Å². The van der Waals surface area contributed by atoms with Crippen LogP contribution in [0.3, 0.4) is 0 Å². The van der Waals surface area contributed by atoms with Gasteiger partial charge in [0.2, 0.25) is 5.91 Å². The molecule has 0 saturated carbocycles. The third kappa shape index (κ3) is 1.95. The van der Waals surface area contributed by atoms with Crippen molar-refractivity contribution in [2.45, 2.75) is 20.0 Å². The molecule has 0 spiro atoms. The Bertz CT molecular complexity index is 466. The smallest absolute Gasteiger partial charge is 0.237 e. The molecular weight excluding hydrogens is 238 g/mol. The summed E-state index contributed by atoms with van der Waals surface area (Å²) in [6.45, 7) is 8.13. The summed E-state index contributed by atoms with van der Waals surface area (Å²) in [6.07, 6.45) is 0.185. The van der Waals surface area contributed by atoms with Crippen LogP contribution in [-0.2, 0) is 4.79 Å². The number of β-lactam (4-membered cyclic amide) rings is 1. The highest BCUT2D eigenvalue weighted by Crippen LogP contribution is 2.43. The molecular formula is C15H21N3O. The third-order valence-electron chi connectivity index (χ3n) is 4.19. The maximum absolute atomic E-state index is 12.4. The molecule has 2 aliphatic rings. The van der Waals surface area contributed by atoms with E-state index in [1.54, 1.807) is 0 Å². The molecule has 1 N–H and O–H groups in total. The molecule has 1 unspecified atom stereocenters. The molecule has 102 valence electrons. The fourth-order valence-electron chi connectivity index (χ4n) is 3.18. The highest BCUT2D eigenvalue weighted by Gasteiger charge is 2.57. The average molecular weight is 259 g/mol. The van der Waals surface area contributed by atoms with E-state index in [9.17, 15) is 4.79 Å². The Morgan fingerprint density at radius 2 is 1.79 bits per heavy atom. The quantitative estimate of drug-likeness (QED) is 0.813. The first kappa shape index (κ1) is 12.6. The fourth-order valence-corrected chi connectivity index (χ4v) is 3.18. The van der Waals surface area contributed by atoms with Crippen LogP contribution >= 0.6 is 0 Å². The zero-order valence-corrected chi connectivity index (χ0v) is 11.6. The highest BCUT2D eigenvalue weighted by atomic mass is 16.2. The van der Waals surface area contributed by atoms with Gasteiger partial charge in [0.25, 0.3) is 0 Å². The van der Waals surface area contributed by atoms with Gasteiger partial charge in [-0.3, -0.25) is 14.6 Å². The number of nitrogens with one attached hydrogen (secondary N) is 1. The monoisotopic (exact) mass is 259 g/mol. The largest absolute Gasteiger partial charge is 0.314 e. The second-order valence-corrected chi connectivity index (χ2v) is 5.89.